The van der Waals surface area contributed by atoms with E-state index in [0.29, 0.717) is 35.0 Å². The van der Waals surface area contributed by atoms with Crippen LogP contribution in [0.5, 0.6) is 23.0 Å². The molecule has 0 fully saturated rings. The molecule has 0 spiro atoms. The van der Waals surface area contributed by atoms with Crippen LogP contribution in [0.4, 0.5) is 11.4 Å². The summed E-state index contributed by atoms with van der Waals surface area (Å²) < 4.78 is 15.8. The van der Waals surface area contributed by atoms with E-state index >= 15 is 0 Å². The van der Waals surface area contributed by atoms with E-state index in [1.807, 2.05) is 5.33 Å². The van der Waals surface area contributed by atoms with E-state index in [4.69, 9.17) is 14.2 Å². The third-order valence-corrected chi connectivity index (χ3v) is 3.64. The van der Waals surface area contributed by atoms with Gasteiger partial charge in [-0.2, -0.15) is 10.2 Å². The molecule has 0 atom stereocenters. The molecule has 6 nitrogen and oxygen atoms in total. The highest BCUT2D eigenvalue weighted by Crippen LogP contribution is 2.36. The number of hydrogen-bond donors (Lipinski definition) is 1. The molecule has 0 unspecified atom stereocenters. The second-order valence-electron chi connectivity index (χ2n) is 4.74. The van der Waals surface area contributed by atoms with Crippen LogP contribution in [0.3, 0.4) is 0 Å². The Bertz CT molecular complexity index is 710. The molecule has 2 aromatic carbocycles. The number of phenols is 1. The van der Waals surface area contributed by atoms with E-state index in [-0.39, 0.29) is 5.75 Å². The Morgan fingerprint density at radius 3 is 2.00 bits per heavy atom. The second-order valence-corrected chi connectivity index (χ2v) is 5.39. The normalized spacial score (nSPS) is 10.8. The van der Waals surface area contributed by atoms with Crippen molar-refractivity contribution in [2.75, 3.05) is 21.3 Å². The molecular formula is C17H18BrN2O4-. The molecule has 0 saturated carbocycles. The monoisotopic (exact) mass is 393 g/mol. The Balaban J connectivity index is 2.33. The fourth-order valence-electron chi connectivity index (χ4n) is 2.16. The third kappa shape index (κ3) is 4.17. The molecule has 0 radical (unpaired) electrons. The van der Waals surface area contributed by atoms with Crippen LogP contribution >= 0.6 is 15.9 Å². The fraction of sp³-hybridized carbons (Fsp3) is 0.235. The lowest BCUT2D eigenvalue weighted by Gasteiger charge is -2.16. The Hall–Kier alpha value is -2.28. The van der Waals surface area contributed by atoms with E-state index < -0.39 is 0 Å². The molecule has 0 amide bonds. The van der Waals surface area contributed by atoms with Crippen LogP contribution in [0.2, 0.25) is 0 Å². The topological polar surface area (TPSA) is 72.6 Å². The van der Waals surface area contributed by atoms with Crippen LogP contribution in [-0.2, 0) is 6.42 Å². The molecule has 24 heavy (non-hydrogen) atoms. The van der Waals surface area contributed by atoms with E-state index in [0.717, 1.165) is 5.56 Å². The number of methoxy groups -OCH3 is 3. The molecule has 0 aliphatic rings. The second kappa shape index (κ2) is 8.54. The van der Waals surface area contributed by atoms with Gasteiger partial charge in [-0.05, 0) is 12.1 Å². The Labute approximate surface area is 149 Å². The van der Waals surface area contributed by atoms with Crippen LogP contribution in [-0.4, -0.2) is 26.4 Å². The molecule has 0 bridgehead atoms. The van der Waals surface area contributed by atoms with E-state index in [1.165, 1.54) is 13.2 Å². The van der Waals surface area contributed by atoms with Crippen LogP contribution in [0.15, 0.2) is 40.6 Å². The number of phenolic OH excluding ortho intramolecular Hbond substituents is 1. The lowest BCUT2D eigenvalue weighted by molar-refractivity contribution is 0.373. The summed E-state index contributed by atoms with van der Waals surface area (Å²) in [6.07, 6.45) is 0.649. The average Bonchev–Trinajstić information content (AvgIpc) is 2.60. The van der Waals surface area contributed by atoms with Gasteiger partial charge in [-0.3, -0.25) is 5.33 Å². The predicted molar refractivity (Wildman–Crippen MR) is 95.3 cm³/mol. The van der Waals surface area contributed by atoms with Gasteiger partial charge in [0.05, 0.1) is 32.7 Å². The summed E-state index contributed by atoms with van der Waals surface area (Å²) in [5, 5.41) is 19.9. The molecule has 0 aliphatic heterocycles. The summed E-state index contributed by atoms with van der Waals surface area (Å²) in [4.78, 5) is 0. The maximum Gasteiger partial charge on any atom is 0.160 e. The molecular weight excluding hydrogens is 376 g/mol. The number of aromatic hydroxyl groups is 1. The largest absolute Gasteiger partial charge is 0.504 e. The first-order valence-electron chi connectivity index (χ1n) is 7.08. The minimum Gasteiger partial charge on any atom is -0.504 e. The fourth-order valence-corrected chi connectivity index (χ4v) is 2.49. The van der Waals surface area contributed by atoms with Crippen LogP contribution in [0.1, 0.15) is 5.56 Å². The number of rotatable bonds is 7. The molecule has 0 heterocycles. The SMILES string of the molecule is COc1ccc(N=Nc2cc(OC)c(C[CH-]Br)c(OC)c2)cc1O. The molecule has 128 valence electrons. The van der Waals surface area contributed by atoms with E-state index in [2.05, 4.69) is 26.2 Å². The highest BCUT2D eigenvalue weighted by atomic mass is 79.9. The van der Waals surface area contributed by atoms with Gasteiger partial charge in [0.15, 0.2) is 11.5 Å². The highest BCUT2D eigenvalue weighted by molar-refractivity contribution is 9.10. The van der Waals surface area contributed by atoms with Crippen molar-refractivity contribution < 1.29 is 19.3 Å². The van der Waals surface area contributed by atoms with Gasteiger partial charge in [-0.25, -0.2) is 0 Å². The minimum atomic E-state index is 0.00678. The van der Waals surface area contributed by atoms with E-state index in [1.54, 1.807) is 38.5 Å². The zero-order valence-corrected chi connectivity index (χ0v) is 15.2. The number of halogens is 1. The van der Waals surface area contributed by atoms with Gasteiger partial charge in [0.25, 0.3) is 0 Å². The van der Waals surface area contributed by atoms with Crippen molar-refractivity contribution in [1.82, 2.24) is 0 Å². The Morgan fingerprint density at radius 1 is 0.917 bits per heavy atom. The lowest BCUT2D eigenvalue weighted by atomic mass is 10.1. The maximum atomic E-state index is 9.77. The van der Waals surface area contributed by atoms with Crippen molar-refractivity contribution in [3.63, 3.8) is 0 Å². The number of azo groups is 1. The Kier molecular flexibility index (Phi) is 6.43. The quantitative estimate of drug-likeness (QED) is 0.534. The summed E-state index contributed by atoms with van der Waals surface area (Å²) in [5.41, 5.74) is 2.00. The van der Waals surface area contributed by atoms with Gasteiger partial charge < -0.3 is 35.2 Å². The first-order valence-corrected chi connectivity index (χ1v) is 8.00. The third-order valence-electron chi connectivity index (χ3n) is 3.32. The number of nitrogens with zero attached hydrogens (tertiary/aromatic N) is 2. The van der Waals surface area contributed by atoms with Crippen molar-refractivity contribution in [1.29, 1.82) is 0 Å². The predicted octanol–water partition coefficient (Wildman–Crippen LogP) is 4.93. The van der Waals surface area contributed by atoms with E-state index in [9.17, 15) is 5.11 Å². The number of benzene rings is 2. The van der Waals surface area contributed by atoms with Gasteiger partial charge in [0.1, 0.15) is 11.5 Å². The van der Waals surface area contributed by atoms with Crippen LogP contribution < -0.4 is 14.2 Å². The minimum absolute atomic E-state index is 0.00678. The molecule has 2 rings (SSSR count). The maximum absolute atomic E-state index is 9.77. The average molecular weight is 394 g/mol. The van der Waals surface area contributed by atoms with Crippen LogP contribution in [0.25, 0.3) is 0 Å². The highest BCUT2D eigenvalue weighted by Gasteiger charge is 2.10. The summed E-state index contributed by atoms with van der Waals surface area (Å²) in [5.74, 6) is 1.72. The molecule has 2 aromatic rings. The van der Waals surface area contributed by atoms with Crippen molar-refractivity contribution in [3.8, 4) is 23.0 Å². The molecule has 0 aromatic heterocycles. The van der Waals surface area contributed by atoms with Crippen molar-refractivity contribution >= 4 is 27.3 Å². The number of ether oxygens (including phenoxy) is 3. The van der Waals surface area contributed by atoms with Gasteiger partial charge in [0, 0.05) is 23.8 Å². The first-order chi connectivity index (χ1) is 11.6. The Morgan fingerprint density at radius 2 is 1.50 bits per heavy atom. The summed E-state index contributed by atoms with van der Waals surface area (Å²) in [6, 6.07) is 8.36. The van der Waals surface area contributed by atoms with Gasteiger partial charge in [-0.15, -0.1) is 6.42 Å². The van der Waals surface area contributed by atoms with Gasteiger partial charge in [-0.1, -0.05) is 0 Å². The molecule has 1 N–H and O–H groups in total. The van der Waals surface area contributed by atoms with Crippen molar-refractivity contribution in [2.45, 2.75) is 6.42 Å². The summed E-state index contributed by atoms with van der Waals surface area (Å²) in [6.45, 7) is 0. The lowest BCUT2D eigenvalue weighted by Crippen LogP contribution is -1.96. The summed E-state index contributed by atoms with van der Waals surface area (Å²) >= 11 is 3.30. The first kappa shape index (κ1) is 18.1. The molecule has 0 saturated heterocycles. The van der Waals surface area contributed by atoms with Gasteiger partial charge in [0.2, 0.25) is 0 Å². The van der Waals surface area contributed by atoms with Crippen molar-refractivity contribution in [2.24, 2.45) is 10.2 Å². The molecule has 7 heteroatoms. The van der Waals surface area contributed by atoms with Crippen molar-refractivity contribution in [3.05, 3.63) is 41.2 Å². The summed E-state index contributed by atoms with van der Waals surface area (Å²) in [7, 11) is 4.67. The van der Waals surface area contributed by atoms with Crippen LogP contribution in [0, 0.1) is 5.33 Å². The number of hydrogen-bond acceptors (Lipinski definition) is 6. The smallest absolute Gasteiger partial charge is 0.160 e. The molecule has 0 aliphatic carbocycles. The standard InChI is InChI=1S/C17H18BrN2O4/c1-22-15-5-4-11(8-14(15)21)19-20-12-9-16(23-2)13(6-7-18)17(10-12)24-3/h4-5,7-10,21H,6H2,1-3H3/q-1. The van der Waals surface area contributed by atoms with Gasteiger partial charge >= 0.3 is 0 Å². The zero-order valence-electron chi connectivity index (χ0n) is 13.6. The zero-order chi connectivity index (χ0) is 17.5.